The Bertz CT molecular complexity index is 178. The lowest BCUT2D eigenvalue weighted by molar-refractivity contribution is 0.281. The maximum atomic E-state index is 3.71. The van der Waals surface area contributed by atoms with Gasteiger partial charge in [-0.1, -0.05) is 6.92 Å². The second-order valence-corrected chi connectivity index (χ2v) is 5.94. The topological polar surface area (TPSA) is 15.3 Å². The smallest absolute Gasteiger partial charge is 0.0658 e. The van der Waals surface area contributed by atoms with Gasteiger partial charge in [0.2, 0.25) is 0 Å². The van der Waals surface area contributed by atoms with Crippen molar-refractivity contribution < 1.29 is 0 Å². The average Bonchev–Trinajstić information content (AvgIpc) is 2.54. The Kier molecular flexibility index (Phi) is 3.74. The first-order valence-corrected chi connectivity index (χ1v) is 6.94. The van der Waals surface area contributed by atoms with Gasteiger partial charge < -0.3 is 10.2 Å². The number of thioether (sulfide) groups is 1. The van der Waals surface area contributed by atoms with Crippen molar-refractivity contribution in [3.63, 3.8) is 0 Å². The molecule has 2 aliphatic heterocycles. The zero-order valence-corrected chi connectivity index (χ0v) is 10.0. The fourth-order valence-corrected chi connectivity index (χ4v) is 3.92. The molecule has 2 rings (SSSR count). The lowest BCUT2D eigenvalue weighted by atomic mass is 10.1. The molecule has 2 heterocycles. The van der Waals surface area contributed by atoms with Crippen molar-refractivity contribution in [2.24, 2.45) is 0 Å². The maximum absolute atomic E-state index is 3.71. The van der Waals surface area contributed by atoms with Crippen LogP contribution >= 0.6 is 11.8 Å². The van der Waals surface area contributed by atoms with E-state index in [-0.39, 0.29) is 0 Å². The van der Waals surface area contributed by atoms with Crippen LogP contribution < -0.4 is 5.32 Å². The molecule has 0 amide bonds. The van der Waals surface area contributed by atoms with Crippen LogP contribution in [0.2, 0.25) is 0 Å². The zero-order valence-electron chi connectivity index (χ0n) is 9.22. The summed E-state index contributed by atoms with van der Waals surface area (Å²) in [5, 5.41) is 3.71. The quantitative estimate of drug-likeness (QED) is 0.756. The van der Waals surface area contributed by atoms with Gasteiger partial charge in [0.25, 0.3) is 0 Å². The molecule has 0 saturated carbocycles. The summed E-state index contributed by atoms with van der Waals surface area (Å²) >= 11 is 2.16. The van der Waals surface area contributed by atoms with E-state index < -0.39 is 0 Å². The summed E-state index contributed by atoms with van der Waals surface area (Å²) in [6.07, 6.45) is 5.39. The fraction of sp³-hybridized carbons (Fsp3) is 1.00. The molecule has 82 valence electrons. The third-order valence-corrected chi connectivity index (χ3v) is 4.87. The summed E-state index contributed by atoms with van der Waals surface area (Å²) in [7, 11) is 0. The SMILES string of the molecule is CCCN1CCCC2(CC1)NCCS2. The van der Waals surface area contributed by atoms with Crippen LogP contribution in [-0.2, 0) is 0 Å². The maximum Gasteiger partial charge on any atom is 0.0658 e. The van der Waals surface area contributed by atoms with E-state index in [0.29, 0.717) is 4.87 Å². The number of nitrogens with one attached hydrogen (secondary N) is 1. The molecule has 2 nitrogen and oxygen atoms in total. The van der Waals surface area contributed by atoms with Crippen LogP contribution in [-0.4, -0.2) is 41.7 Å². The van der Waals surface area contributed by atoms with Gasteiger partial charge in [-0.25, -0.2) is 0 Å². The van der Waals surface area contributed by atoms with Crippen molar-refractivity contribution >= 4 is 11.8 Å². The van der Waals surface area contributed by atoms with Gasteiger partial charge in [-0.05, 0) is 38.8 Å². The van der Waals surface area contributed by atoms with Crippen molar-refractivity contribution in [1.29, 1.82) is 0 Å². The van der Waals surface area contributed by atoms with Crippen LogP contribution in [0.15, 0.2) is 0 Å². The van der Waals surface area contributed by atoms with Gasteiger partial charge in [-0.3, -0.25) is 0 Å². The van der Waals surface area contributed by atoms with E-state index in [2.05, 4.69) is 28.9 Å². The first-order chi connectivity index (χ1) is 6.85. The van der Waals surface area contributed by atoms with Gasteiger partial charge in [-0.15, -0.1) is 11.8 Å². The van der Waals surface area contributed by atoms with Crippen LogP contribution in [0.1, 0.15) is 32.6 Å². The van der Waals surface area contributed by atoms with Crippen LogP contribution in [0.3, 0.4) is 0 Å². The molecule has 0 aliphatic carbocycles. The third kappa shape index (κ3) is 2.44. The molecule has 0 bridgehead atoms. The average molecular weight is 214 g/mol. The predicted octanol–water partition coefficient (Wildman–Crippen LogP) is 1.91. The number of hydrogen-bond donors (Lipinski definition) is 1. The Balaban J connectivity index is 1.87. The minimum atomic E-state index is 0.461. The molecular formula is C11H22N2S. The Morgan fingerprint density at radius 1 is 1.36 bits per heavy atom. The Hall–Kier alpha value is 0.270. The Morgan fingerprint density at radius 2 is 2.29 bits per heavy atom. The van der Waals surface area contributed by atoms with Crippen LogP contribution in [0.25, 0.3) is 0 Å². The van der Waals surface area contributed by atoms with Crippen molar-refractivity contribution in [2.75, 3.05) is 31.9 Å². The number of likely N-dealkylation sites (tertiary alicyclic amines) is 1. The van der Waals surface area contributed by atoms with Gasteiger partial charge in [0.1, 0.15) is 0 Å². The molecule has 0 aromatic carbocycles. The summed E-state index contributed by atoms with van der Waals surface area (Å²) in [6.45, 7) is 7.41. The highest BCUT2D eigenvalue weighted by Crippen LogP contribution is 2.36. The summed E-state index contributed by atoms with van der Waals surface area (Å²) in [5.74, 6) is 1.31. The van der Waals surface area contributed by atoms with Crippen LogP contribution in [0.5, 0.6) is 0 Å². The van der Waals surface area contributed by atoms with Crippen molar-refractivity contribution in [2.45, 2.75) is 37.5 Å². The zero-order chi connectivity index (χ0) is 9.86. The highest BCUT2D eigenvalue weighted by Gasteiger charge is 2.35. The van der Waals surface area contributed by atoms with E-state index in [1.807, 2.05) is 0 Å². The molecule has 0 aromatic rings. The van der Waals surface area contributed by atoms with E-state index in [1.165, 1.54) is 57.6 Å². The third-order valence-electron chi connectivity index (χ3n) is 3.35. The van der Waals surface area contributed by atoms with Gasteiger partial charge in [-0.2, -0.15) is 0 Å². The first kappa shape index (κ1) is 10.8. The molecule has 1 atom stereocenters. The van der Waals surface area contributed by atoms with Crippen LogP contribution in [0, 0.1) is 0 Å². The van der Waals surface area contributed by atoms with Crippen molar-refractivity contribution in [3.8, 4) is 0 Å². The number of nitrogens with zero attached hydrogens (tertiary/aromatic N) is 1. The molecule has 1 spiro atoms. The van der Waals surface area contributed by atoms with Crippen molar-refractivity contribution in [3.05, 3.63) is 0 Å². The fourth-order valence-electron chi connectivity index (χ4n) is 2.60. The van der Waals surface area contributed by atoms with E-state index in [9.17, 15) is 0 Å². The monoisotopic (exact) mass is 214 g/mol. The lowest BCUT2D eigenvalue weighted by Crippen LogP contribution is -2.38. The summed E-state index contributed by atoms with van der Waals surface area (Å²) in [5.41, 5.74) is 0. The minimum absolute atomic E-state index is 0.461. The molecule has 0 radical (unpaired) electrons. The summed E-state index contributed by atoms with van der Waals surface area (Å²) < 4.78 is 0. The van der Waals surface area contributed by atoms with Gasteiger partial charge >= 0.3 is 0 Å². The molecule has 14 heavy (non-hydrogen) atoms. The first-order valence-electron chi connectivity index (χ1n) is 5.96. The minimum Gasteiger partial charge on any atom is -0.303 e. The molecule has 2 fully saturated rings. The molecule has 1 N–H and O–H groups in total. The summed E-state index contributed by atoms with van der Waals surface area (Å²) in [6, 6.07) is 0. The standard InChI is InChI=1S/C11H22N2S/c1-2-7-13-8-3-4-11(5-9-13)12-6-10-14-11/h12H,2-10H2,1H3. The highest BCUT2D eigenvalue weighted by atomic mass is 32.2. The molecule has 0 aromatic heterocycles. The molecular weight excluding hydrogens is 192 g/mol. The molecule has 1 unspecified atom stereocenters. The second-order valence-electron chi connectivity index (χ2n) is 4.46. The van der Waals surface area contributed by atoms with Gasteiger partial charge in [0.05, 0.1) is 4.87 Å². The van der Waals surface area contributed by atoms with Gasteiger partial charge in [0.15, 0.2) is 0 Å². The number of hydrogen-bond acceptors (Lipinski definition) is 3. The largest absolute Gasteiger partial charge is 0.303 e. The number of rotatable bonds is 2. The Labute approximate surface area is 91.8 Å². The summed E-state index contributed by atoms with van der Waals surface area (Å²) in [4.78, 5) is 3.10. The van der Waals surface area contributed by atoms with E-state index in [1.54, 1.807) is 0 Å². The normalized spacial score (nSPS) is 34.9. The van der Waals surface area contributed by atoms with E-state index in [4.69, 9.17) is 0 Å². The Morgan fingerprint density at radius 3 is 3.00 bits per heavy atom. The predicted molar refractivity (Wildman–Crippen MR) is 63.8 cm³/mol. The second kappa shape index (κ2) is 4.86. The molecule has 3 heteroatoms. The molecule has 2 aliphatic rings. The van der Waals surface area contributed by atoms with Crippen molar-refractivity contribution in [1.82, 2.24) is 10.2 Å². The highest BCUT2D eigenvalue weighted by molar-refractivity contribution is 8.00. The van der Waals surface area contributed by atoms with Gasteiger partial charge in [0, 0.05) is 18.8 Å². The van der Waals surface area contributed by atoms with Crippen LogP contribution in [0.4, 0.5) is 0 Å². The van der Waals surface area contributed by atoms with E-state index >= 15 is 0 Å². The lowest BCUT2D eigenvalue weighted by Gasteiger charge is -2.27. The van der Waals surface area contributed by atoms with E-state index in [0.717, 1.165) is 0 Å². The molecule has 2 saturated heterocycles.